The van der Waals surface area contributed by atoms with E-state index in [4.69, 9.17) is 9.84 Å². The first-order chi connectivity index (χ1) is 8.60. The molecule has 0 radical (unpaired) electrons. The second-order valence-corrected chi connectivity index (χ2v) is 5.42. The molecule has 0 aromatic carbocycles. The molecule has 5 heteroatoms. The van der Waals surface area contributed by atoms with Crippen molar-refractivity contribution in [2.45, 2.75) is 50.7 Å². The molecule has 2 fully saturated rings. The van der Waals surface area contributed by atoms with Crippen molar-refractivity contribution >= 4 is 11.9 Å². The van der Waals surface area contributed by atoms with Gasteiger partial charge in [-0.3, -0.25) is 9.59 Å². The van der Waals surface area contributed by atoms with E-state index in [1.54, 1.807) is 7.11 Å². The van der Waals surface area contributed by atoms with Crippen molar-refractivity contribution in [1.82, 2.24) is 5.32 Å². The van der Waals surface area contributed by atoms with Gasteiger partial charge < -0.3 is 15.2 Å². The van der Waals surface area contributed by atoms with Crippen LogP contribution in [-0.2, 0) is 14.3 Å². The fourth-order valence-electron chi connectivity index (χ4n) is 3.05. The van der Waals surface area contributed by atoms with Crippen LogP contribution in [0, 0.1) is 11.8 Å². The molecule has 2 rings (SSSR count). The Morgan fingerprint density at radius 2 is 1.83 bits per heavy atom. The van der Waals surface area contributed by atoms with Crippen LogP contribution in [0.25, 0.3) is 0 Å². The average Bonchev–Trinajstić information content (AvgIpc) is 2.97. The molecular weight excluding hydrogens is 234 g/mol. The van der Waals surface area contributed by atoms with Crippen LogP contribution in [0.1, 0.15) is 38.5 Å². The molecule has 4 atom stereocenters. The summed E-state index contributed by atoms with van der Waals surface area (Å²) in [7, 11) is 1.70. The van der Waals surface area contributed by atoms with E-state index >= 15 is 0 Å². The minimum absolute atomic E-state index is 0.0282. The van der Waals surface area contributed by atoms with Crippen LogP contribution in [0.15, 0.2) is 0 Å². The van der Waals surface area contributed by atoms with Gasteiger partial charge in [-0.25, -0.2) is 0 Å². The zero-order valence-electron chi connectivity index (χ0n) is 10.7. The maximum Gasteiger partial charge on any atom is 0.306 e. The Hall–Kier alpha value is -1.10. The lowest BCUT2D eigenvalue weighted by molar-refractivity contribution is -0.141. The smallest absolute Gasteiger partial charge is 0.306 e. The van der Waals surface area contributed by atoms with Crippen LogP contribution in [-0.4, -0.2) is 36.2 Å². The van der Waals surface area contributed by atoms with Gasteiger partial charge in [-0.1, -0.05) is 0 Å². The molecule has 4 unspecified atom stereocenters. The molecule has 5 nitrogen and oxygen atoms in total. The molecule has 18 heavy (non-hydrogen) atoms. The van der Waals surface area contributed by atoms with Crippen molar-refractivity contribution in [3.05, 3.63) is 0 Å². The Kier molecular flexibility index (Phi) is 4.22. The van der Waals surface area contributed by atoms with Gasteiger partial charge in [-0.2, -0.15) is 0 Å². The van der Waals surface area contributed by atoms with Crippen LogP contribution in [0.3, 0.4) is 0 Å². The molecule has 0 heterocycles. The Morgan fingerprint density at radius 3 is 2.39 bits per heavy atom. The zero-order chi connectivity index (χ0) is 13.1. The van der Waals surface area contributed by atoms with E-state index in [1.807, 2.05) is 0 Å². The van der Waals surface area contributed by atoms with Crippen molar-refractivity contribution in [2.24, 2.45) is 11.8 Å². The molecule has 0 aromatic heterocycles. The van der Waals surface area contributed by atoms with Crippen molar-refractivity contribution in [3.8, 4) is 0 Å². The van der Waals surface area contributed by atoms with Crippen molar-refractivity contribution < 1.29 is 19.4 Å². The highest BCUT2D eigenvalue weighted by Gasteiger charge is 2.35. The summed E-state index contributed by atoms with van der Waals surface area (Å²) in [5.74, 6) is -1.20. The number of carbonyl (C=O) groups excluding carboxylic acids is 1. The van der Waals surface area contributed by atoms with Crippen molar-refractivity contribution in [3.63, 3.8) is 0 Å². The van der Waals surface area contributed by atoms with E-state index in [1.165, 1.54) is 0 Å². The summed E-state index contributed by atoms with van der Waals surface area (Å²) in [6.07, 6.45) is 4.88. The third-order valence-electron chi connectivity index (χ3n) is 4.22. The van der Waals surface area contributed by atoms with E-state index in [9.17, 15) is 9.59 Å². The van der Waals surface area contributed by atoms with Gasteiger partial charge in [0.1, 0.15) is 0 Å². The lowest BCUT2D eigenvalue weighted by Crippen LogP contribution is -2.37. The largest absolute Gasteiger partial charge is 0.481 e. The number of carboxylic acid groups (broad SMARTS) is 1. The number of rotatable bonds is 4. The molecule has 1 amide bonds. The number of carboxylic acids is 1. The average molecular weight is 255 g/mol. The van der Waals surface area contributed by atoms with Gasteiger partial charge in [-0.05, 0) is 38.5 Å². The predicted molar refractivity (Wildman–Crippen MR) is 65.0 cm³/mol. The van der Waals surface area contributed by atoms with Crippen molar-refractivity contribution in [2.75, 3.05) is 7.11 Å². The molecule has 0 aliphatic heterocycles. The Morgan fingerprint density at radius 1 is 1.11 bits per heavy atom. The summed E-state index contributed by atoms with van der Waals surface area (Å²) in [5.41, 5.74) is 0. The topological polar surface area (TPSA) is 75.6 Å². The highest BCUT2D eigenvalue weighted by atomic mass is 16.5. The summed E-state index contributed by atoms with van der Waals surface area (Å²) in [6.45, 7) is 0. The van der Waals surface area contributed by atoms with E-state index in [2.05, 4.69) is 5.32 Å². The standard InChI is InChI=1S/C13H21NO4/c1-18-11-5-4-10(7-11)14-12(15)8-2-3-9(6-8)13(16)17/h8-11H,2-7H2,1H3,(H,14,15)(H,16,17). The SMILES string of the molecule is COC1CCC(NC(=O)C2CCC(C(=O)O)C2)C1. The third-order valence-corrected chi connectivity index (χ3v) is 4.22. The Bertz CT molecular complexity index is 331. The quantitative estimate of drug-likeness (QED) is 0.790. The molecule has 0 bridgehead atoms. The van der Waals surface area contributed by atoms with Crippen molar-refractivity contribution in [1.29, 1.82) is 0 Å². The molecule has 0 saturated heterocycles. The number of nitrogens with one attached hydrogen (secondary N) is 1. The van der Waals surface area contributed by atoms with Gasteiger partial charge in [0.05, 0.1) is 12.0 Å². The van der Waals surface area contributed by atoms with E-state index in [0.29, 0.717) is 19.3 Å². The number of amides is 1. The third kappa shape index (κ3) is 3.02. The zero-order valence-corrected chi connectivity index (χ0v) is 10.7. The monoisotopic (exact) mass is 255 g/mol. The molecule has 102 valence electrons. The molecule has 2 N–H and O–H groups in total. The van der Waals surface area contributed by atoms with E-state index in [0.717, 1.165) is 19.3 Å². The van der Waals surface area contributed by atoms with Gasteiger partial charge in [0.2, 0.25) is 5.91 Å². The first-order valence-corrected chi connectivity index (χ1v) is 6.66. The van der Waals surface area contributed by atoms with Crippen LogP contribution in [0.5, 0.6) is 0 Å². The highest BCUT2D eigenvalue weighted by Crippen LogP contribution is 2.31. The minimum Gasteiger partial charge on any atom is -0.481 e. The molecular formula is C13H21NO4. The number of aliphatic carboxylic acids is 1. The molecule has 2 aliphatic carbocycles. The second-order valence-electron chi connectivity index (χ2n) is 5.42. The lowest BCUT2D eigenvalue weighted by Gasteiger charge is -2.16. The number of hydrogen-bond acceptors (Lipinski definition) is 3. The first kappa shape index (κ1) is 13.3. The number of methoxy groups -OCH3 is 1. The van der Waals surface area contributed by atoms with Crippen LogP contribution < -0.4 is 5.32 Å². The second kappa shape index (κ2) is 5.69. The molecule has 0 spiro atoms. The van der Waals surface area contributed by atoms with E-state index in [-0.39, 0.29) is 29.9 Å². The van der Waals surface area contributed by atoms with E-state index < -0.39 is 5.97 Å². The fourth-order valence-corrected chi connectivity index (χ4v) is 3.05. The van der Waals surface area contributed by atoms with Gasteiger partial charge in [0.25, 0.3) is 0 Å². The van der Waals surface area contributed by atoms with Crippen LogP contribution in [0.4, 0.5) is 0 Å². The summed E-state index contributed by atoms with van der Waals surface area (Å²) in [6, 6.07) is 0.200. The molecule has 2 saturated carbocycles. The Balaban J connectivity index is 1.77. The van der Waals surface area contributed by atoms with Gasteiger partial charge >= 0.3 is 5.97 Å². The number of hydrogen-bond donors (Lipinski definition) is 2. The Labute approximate surface area is 107 Å². The van der Waals surface area contributed by atoms with Gasteiger partial charge in [-0.15, -0.1) is 0 Å². The summed E-state index contributed by atoms with van der Waals surface area (Å²) in [5, 5.41) is 11.9. The number of ether oxygens (including phenoxy) is 1. The fraction of sp³-hybridized carbons (Fsp3) is 0.846. The summed E-state index contributed by atoms with van der Waals surface area (Å²) >= 11 is 0. The summed E-state index contributed by atoms with van der Waals surface area (Å²) in [4.78, 5) is 22.9. The van der Waals surface area contributed by atoms with Gasteiger partial charge in [0.15, 0.2) is 0 Å². The normalized spacial score (nSPS) is 35.6. The highest BCUT2D eigenvalue weighted by molar-refractivity contribution is 5.81. The summed E-state index contributed by atoms with van der Waals surface area (Å²) < 4.78 is 5.27. The maximum absolute atomic E-state index is 12.0. The first-order valence-electron chi connectivity index (χ1n) is 6.66. The molecule has 0 aromatic rings. The van der Waals surface area contributed by atoms with Crippen LogP contribution in [0.2, 0.25) is 0 Å². The predicted octanol–water partition coefficient (Wildman–Crippen LogP) is 1.17. The molecule has 2 aliphatic rings. The van der Waals surface area contributed by atoms with Crippen LogP contribution >= 0.6 is 0 Å². The minimum atomic E-state index is -0.773. The number of carbonyl (C=O) groups is 2. The van der Waals surface area contributed by atoms with Gasteiger partial charge in [0, 0.05) is 19.1 Å². The maximum atomic E-state index is 12.0. The lowest BCUT2D eigenvalue weighted by atomic mass is 10.0.